The van der Waals surface area contributed by atoms with E-state index in [-0.39, 0.29) is 11.9 Å². The van der Waals surface area contributed by atoms with Gasteiger partial charge < -0.3 is 5.73 Å². The first kappa shape index (κ1) is 15.7. The average Bonchev–Trinajstić information content (AvgIpc) is 2.91. The summed E-state index contributed by atoms with van der Waals surface area (Å²) in [5.41, 5.74) is 7.66. The molecule has 21 heavy (non-hydrogen) atoms. The van der Waals surface area contributed by atoms with Crippen LogP contribution in [-0.2, 0) is 13.1 Å². The monoisotopic (exact) mass is 290 g/mol. The number of aromatic nitrogens is 2. The highest BCUT2D eigenvalue weighted by Crippen LogP contribution is 2.21. The van der Waals surface area contributed by atoms with Crippen molar-refractivity contribution in [1.82, 2.24) is 14.7 Å². The van der Waals surface area contributed by atoms with E-state index in [2.05, 4.69) is 16.9 Å². The predicted octanol–water partition coefficient (Wildman–Crippen LogP) is 2.56. The Hall–Kier alpha value is -1.72. The second-order valence-corrected chi connectivity index (χ2v) is 5.29. The number of nitrogens with two attached hydrogens (primary N) is 1. The highest BCUT2D eigenvalue weighted by molar-refractivity contribution is 5.18. The molecule has 2 rings (SSSR count). The summed E-state index contributed by atoms with van der Waals surface area (Å²) in [5, 5.41) is 4.34. The SMILES string of the molecule is CCCn1cc(C(CN)N(C)Cc2ccccc2F)cn1. The van der Waals surface area contributed by atoms with E-state index in [0.29, 0.717) is 18.7 Å². The molecule has 1 aromatic carbocycles. The van der Waals surface area contributed by atoms with Crippen LogP contribution in [0.25, 0.3) is 0 Å². The maximum absolute atomic E-state index is 13.7. The molecule has 114 valence electrons. The molecule has 0 fully saturated rings. The minimum atomic E-state index is -0.179. The lowest BCUT2D eigenvalue weighted by Crippen LogP contribution is -2.30. The van der Waals surface area contributed by atoms with Crippen LogP contribution < -0.4 is 5.73 Å². The van der Waals surface area contributed by atoms with E-state index in [4.69, 9.17) is 5.73 Å². The Bertz CT molecular complexity index is 567. The molecule has 0 amide bonds. The first-order chi connectivity index (χ1) is 10.2. The number of nitrogens with zero attached hydrogens (tertiary/aromatic N) is 3. The van der Waals surface area contributed by atoms with Gasteiger partial charge in [-0.15, -0.1) is 0 Å². The summed E-state index contributed by atoms with van der Waals surface area (Å²) >= 11 is 0. The van der Waals surface area contributed by atoms with E-state index in [9.17, 15) is 4.39 Å². The van der Waals surface area contributed by atoms with Gasteiger partial charge in [-0.2, -0.15) is 5.10 Å². The Morgan fingerprint density at radius 2 is 2.14 bits per heavy atom. The minimum absolute atomic E-state index is 0.0372. The molecule has 1 heterocycles. The summed E-state index contributed by atoms with van der Waals surface area (Å²) in [7, 11) is 1.96. The fraction of sp³-hybridized carbons (Fsp3) is 0.438. The third-order valence-electron chi connectivity index (χ3n) is 3.62. The number of rotatable bonds is 7. The zero-order valence-corrected chi connectivity index (χ0v) is 12.7. The fourth-order valence-corrected chi connectivity index (χ4v) is 2.48. The molecule has 0 saturated heterocycles. The zero-order chi connectivity index (χ0) is 15.2. The number of hydrogen-bond donors (Lipinski definition) is 1. The topological polar surface area (TPSA) is 47.1 Å². The normalized spacial score (nSPS) is 12.8. The molecule has 0 aliphatic rings. The largest absolute Gasteiger partial charge is 0.329 e. The maximum Gasteiger partial charge on any atom is 0.127 e. The van der Waals surface area contributed by atoms with Gasteiger partial charge in [0.05, 0.1) is 12.2 Å². The van der Waals surface area contributed by atoms with Gasteiger partial charge in [0.1, 0.15) is 5.82 Å². The highest BCUT2D eigenvalue weighted by Gasteiger charge is 2.18. The number of halogens is 1. The minimum Gasteiger partial charge on any atom is -0.329 e. The molecule has 2 aromatic rings. The van der Waals surface area contributed by atoms with Crippen molar-refractivity contribution in [2.75, 3.05) is 13.6 Å². The number of aryl methyl sites for hydroxylation is 1. The highest BCUT2D eigenvalue weighted by atomic mass is 19.1. The van der Waals surface area contributed by atoms with Crippen LogP contribution in [0, 0.1) is 5.82 Å². The van der Waals surface area contributed by atoms with E-state index in [0.717, 1.165) is 18.5 Å². The quantitative estimate of drug-likeness (QED) is 0.852. The molecule has 1 aromatic heterocycles. The number of benzene rings is 1. The first-order valence-corrected chi connectivity index (χ1v) is 7.31. The molecule has 0 bridgehead atoms. The molecule has 0 aliphatic heterocycles. The van der Waals surface area contributed by atoms with Gasteiger partial charge in [0.25, 0.3) is 0 Å². The van der Waals surface area contributed by atoms with Crippen molar-refractivity contribution in [3.8, 4) is 0 Å². The van der Waals surface area contributed by atoms with Gasteiger partial charge >= 0.3 is 0 Å². The van der Waals surface area contributed by atoms with Crippen molar-refractivity contribution in [1.29, 1.82) is 0 Å². The Kier molecular flexibility index (Phi) is 5.47. The van der Waals surface area contributed by atoms with Gasteiger partial charge in [-0.3, -0.25) is 9.58 Å². The van der Waals surface area contributed by atoms with E-state index in [1.165, 1.54) is 6.07 Å². The molecule has 2 N–H and O–H groups in total. The van der Waals surface area contributed by atoms with Gasteiger partial charge in [-0.1, -0.05) is 25.1 Å². The lowest BCUT2D eigenvalue weighted by molar-refractivity contribution is 0.238. The smallest absolute Gasteiger partial charge is 0.127 e. The van der Waals surface area contributed by atoms with Crippen LogP contribution in [0.2, 0.25) is 0 Å². The van der Waals surface area contributed by atoms with E-state index in [1.807, 2.05) is 30.2 Å². The number of likely N-dealkylation sites (N-methyl/N-ethyl adjacent to an activating group) is 1. The molecule has 0 saturated carbocycles. The van der Waals surface area contributed by atoms with E-state index < -0.39 is 0 Å². The standard InChI is InChI=1S/C16H23FN4/c1-3-8-21-12-14(10-19-21)16(9-18)20(2)11-13-6-4-5-7-15(13)17/h4-7,10,12,16H,3,8-9,11,18H2,1-2H3. The molecule has 1 unspecified atom stereocenters. The summed E-state index contributed by atoms with van der Waals surface area (Å²) in [6.07, 6.45) is 4.92. The van der Waals surface area contributed by atoms with E-state index >= 15 is 0 Å². The maximum atomic E-state index is 13.7. The van der Waals surface area contributed by atoms with Gasteiger partial charge in [-0.25, -0.2) is 4.39 Å². The average molecular weight is 290 g/mol. The summed E-state index contributed by atoms with van der Waals surface area (Å²) < 4.78 is 15.7. The predicted molar refractivity (Wildman–Crippen MR) is 82.2 cm³/mol. The Morgan fingerprint density at radius 1 is 1.38 bits per heavy atom. The zero-order valence-electron chi connectivity index (χ0n) is 12.7. The van der Waals surface area contributed by atoms with Crippen LogP contribution in [0.15, 0.2) is 36.7 Å². The molecule has 1 atom stereocenters. The van der Waals surface area contributed by atoms with Gasteiger partial charge in [0.15, 0.2) is 0 Å². The second-order valence-electron chi connectivity index (χ2n) is 5.29. The summed E-state index contributed by atoms with van der Waals surface area (Å²) in [5.74, 6) is -0.179. The molecule has 0 radical (unpaired) electrons. The lowest BCUT2D eigenvalue weighted by atomic mass is 10.1. The van der Waals surface area contributed by atoms with Crippen LogP contribution in [0.5, 0.6) is 0 Å². The van der Waals surface area contributed by atoms with Crippen molar-refractivity contribution in [2.24, 2.45) is 5.73 Å². The lowest BCUT2D eigenvalue weighted by Gasteiger charge is -2.26. The van der Waals surface area contributed by atoms with Gasteiger partial charge in [-0.05, 0) is 19.5 Å². The molecule has 4 nitrogen and oxygen atoms in total. The van der Waals surface area contributed by atoms with Crippen LogP contribution in [0.3, 0.4) is 0 Å². The Labute approximate surface area is 125 Å². The number of hydrogen-bond acceptors (Lipinski definition) is 3. The molecular formula is C16H23FN4. The van der Waals surface area contributed by atoms with Crippen molar-refractivity contribution in [3.63, 3.8) is 0 Å². The summed E-state index contributed by atoms with van der Waals surface area (Å²) in [4.78, 5) is 2.06. The molecule has 5 heteroatoms. The van der Waals surface area contributed by atoms with Gasteiger partial charge in [0, 0.05) is 37.0 Å². The summed E-state index contributed by atoms with van der Waals surface area (Å²) in [6, 6.07) is 6.88. The van der Waals surface area contributed by atoms with Crippen LogP contribution in [0.4, 0.5) is 4.39 Å². The van der Waals surface area contributed by atoms with Gasteiger partial charge in [0.2, 0.25) is 0 Å². The molecular weight excluding hydrogens is 267 g/mol. The Balaban J connectivity index is 2.10. The Morgan fingerprint density at radius 3 is 2.81 bits per heavy atom. The molecule has 0 spiro atoms. The van der Waals surface area contributed by atoms with Crippen molar-refractivity contribution in [2.45, 2.75) is 32.5 Å². The molecule has 0 aliphatic carbocycles. The van der Waals surface area contributed by atoms with Crippen LogP contribution >= 0.6 is 0 Å². The van der Waals surface area contributed by atoms with Crippen LogP contribution in [0.1, 0.15) is 30.5 Å². The third-order valence-corrected chi connectivity index (χ3v) is 3.62. The fourth-order valence-electron chi connectivity index (χ4n) is 2.48. The second kappa shape index (κ2) is 7.33. The van der Waals surface area contributed by atoms with Crippen molar-refractivity contribution in [3.05, 3.63) is 53.6 Å². The van der Waals surface area contributed by atoms with Crippen molar-refractivity contribution >= 4 is 0 Å². The summed E-state index contributed by atoms with van der Waals surface area (Å²) in [6.45, 7) is 4.01. The van der Waals surface area contributed by atoms with Crippen LogP contribution in [-0.4, -0.2) is 28.3 Å². The van der Waals surface area contributed by atoms with Crippen molar-refractivity contribution < 1.29 is 4.39 Å². The van der Waals surface area contributed by atoms with E-state index in [1.54, 1.807) is 12.1 Å². The third kappa shape index (κ3) is 3.89. The first-order valence-electron chi connectivity index (χ1n) is 7.31.